The van der Waals surface area contributed by atoms with Gasteiger partial charge in [-0.1, -0.05) is 23.7 Å². The molecule has 2 unspecified atom stereocenters. The molecule has 1 N–H and O–H groups in total. The zero-order chi connectivity index (χ0) is 25.0. The van der Waals surface area contributed by atoms with Crippen LogP contribution in [-0.4, -0.2) is 45.6 Å². The highest BCUT2D eigenvalue weighted by Crippen LogP contribution is 2.35. The maximum absolute atomic E-state index is 13.7. The highest BCUT2D eigenvalue weighted by molar-refractivity contribution is 7.93. The van der Waals surface area contributed by atoms with Crippen LogP contribution in [0.5, 0.6) is 0 Å². The molecular weight excluding hydrogens is 522 g/mol. The number of nitrogens with zero attached hydrogens (tertiary/aromatic N) is 4. The summed E-state index contributed by atoms with van der Waals surface area (Å²) in [4.78, 5) is 27.9. The SMILES string of the molecule is O=C(c1ccc(Cl)cc1NS(=O)(=O)c1cccc2nsnc12)N1CC2Cc3cccc(=O)n3C(C2)C1. The van der Waals surface area contributed by atoms with Gasteiger partial charge in [-0.25, -0.2) is 8.42 Å². The molecule has 0 radical (unpaired) electrons. The molecule has 2 bridgehead atoms. The third-order valence-electron chi connectivity index (χ3n) is 6.73. The second-order valence-electron chi connectivity index (χ2n) is 9.08. The molecule has 2 aliphatic heterocycles. The Bertz CT molecular complexity index is 1680. The third kappa shape index (κ3) is 3.97. The zero-order valence-corrected chi connectivity index (χ0v) is 21.2. The van der Waals surface area contributed by atoms with Crippen molar-refractivity contribution in [3.05, 3.63) is 81.2 Å². The Kier molecular flexibility index (Phi) is 5.58. The van der Waals surface area contributed by atoms with Gasteiger partial charge in [-0.3, -0.25) is 14.3 Å². The molecule has 1 saturated heterocycles. The van der Waals surface area contributed by atoms with Gasteiger partial charge in [-0.2, -0.15) is 8.75 Å². The zero-order valence-electron chi connectivity index (χ0n) is 18.8. The molecular formula is C24H20ClN5O4S2. The number of fused-ring (bicyclic) bond motifs is 5. The quantitative estimate of drug-likeness (QED) is 0.422. The Hall–Kier alpha value is -3.28. The van der Waals surface area contributed by atoms with E-state index in [1.165, 1.54) is 24.3 Å². The molecule has 9 nitrogen and oxygen atoms in total. The van der Waals surface area contributed by atoms with Gasteiger partial charge in [0.15, 0.2) is 0 Å². The summed E-state index contributed by atoms with van der Waals surface area (Å²) in [5, 5.41) is 0.286. The lowest BCUT2D eigenvalue weighted by Crippen LogP contribution is -2.50. The van der Waals surface area contributed by atoms with Gasteiger partial charge in [0.1, 0.15) is 15.9 Å². The van der Waals surface area contributed by atoms with Crippen molar-refractivity contribution < 1.29 is 13.2 Å². The van der Waals surface area contributed by atoms with Crippen LogP contribution in [0.1, 0.15) is 28.5 Å². The minimum absolute atomic E-state index is 0.0318. The fourth-order valence-electron chi connectivity index (χ4n) is 5.25. The van der Waals surface area contributed by atoms with Crippen LogP contribution in [0.25, 0.3) is 11.0 Å². The van der Waals surface area contributed by atoms with Crippen LogP contribution in [0.2, 0.25) is 5.02 Å². The van der Waals surface area contributed by atoms with E-state index in [4.69, 9.17) is 11.6 Å². The predicted octanol–water partition coefficient (Wildman–Crippen LogP) is 3.57. The summed E-state index contributed by atoms with van der Waals surface area (Å²) in [7, 11) is -4.09. The maximum atomic E-state index is 13.7. The number of hydrogen-bond donors (Lipinski definition) is 1. The number of carbonyl (C=O) groups is 1. The topological polar surface area (TPSA) is 114 Å². The first-order valence-electron chi connectivity index (χ1n) is 11.3. The van der Waals surface area contributed by atoms with Crippen LogP contribution in [0, 0.1) is 5.92 Å². The van der Waals surface area contributed by atoms with Crippen LogP contribution in [0.4, 0.5) is 5.69 Å². The van der Waals surface area contributed by atoms with E-state index in [1.807, 2.05) is 6.07 Å². The summed E-state index contributed by atoms with van der Waals surface area (Å²) >= 11 is 7.12. The van der Waals surface area contributed by atoms with Crippen molar-refractivity contribution in [3.63, 3.8) is 0 Å². The predicted molar refractivity (Wildman–Crippen MR) is 137 cm³/mol. The second kappa shape index (κ2) is 8.68. The van der Waals surface area contributed by atoms with E-state index >= 15 is 0 Å². The number of anilines is 1. The maximum Gasteiger partial charge on any atom is 0.264 e. The molecule has 6 rings (SSSR count). The molecule has 2 aromatic carbocycles. The van der Waals surface area contributed by atoms with Crippen LogP contribution >= 0.6 is 23.3 Å². The number of rotatable bonds is 4. The summed E-state index contributed by atoms with van der Waals surface area (Å²) in [5.74, 6) is -0.100. The lowest BCUT2D eigenvalue weighted by Gasteiger charge is -2.43. The summed E-state index contributed by atoms with van der Waals surface area (Å²) < 4.78 is 39.2. The molecule has 2 aromatic heterocycles. The molecule has 2 aliphatic rings. The summed E-state index contributed by atoms with van der Waals surface area (Å²) in [6.45, 7) is 0.891. The lowest BCUT2D eigenvalue weighted by atomic mass is 9.85. The Labute approximate surface area is 215 Å². The molecule has 4 aromatic rings. The fraction of sp³-hybridized carbons (Fsp3) is 0.250. The molecule has 2 atom stereocenters. The largest absolute Gasteiger partial charge is 0.336 e. The van der Waals surface area contributed by atoms with Crippen LogP contribution < -0.4 is 10.3 Å². The molecule has 36 heavy (non-hydrogen) atoms. The van der Waals surface area contributed by atoms with E-state index in [0.717, 1.165) is 23.8 Å². The van der Waals surface area contributed by atoms with Crippen molar-refractivity contribution in [2.75, 3.05) is 17.8 Å². The number of benzene rings is 2. The number of nitrogens with one attached hydrogen (secondary N) is 1. The van der Waals surface area contributed by atoms with Crippen molar-refractivity contribution >= 4 is 56.0 Å². The standard InChI is InChI=1S/C24H20ClN5O4S2/c25-15-7-8-18(20(11-15)28-36(33,34)21-5-2-4-19-23(21)27-35-26-19)24(32)29-12-14-9-16-3-1-6-22(31)30(16)17(10-14)13-29/h1-8,11,14,17,28H,9-10,12-13H2. The molecule has 1 amide bonds. The number of halogens is 1. The van der Waals surface area contributed by atoms with E-state index in [0.29, 0.717) is 25.0 Å². The van der Waals surface area contributed by atoms with Crippen molar-refractivity contribution in [1.29, 1.82) is 0 Å². The van der Waals surface area contributed by atoms with Gasteiger partial charge in [-0.15, -0.1) is 0 Å². The molecule has 1 fully saturated rings. The molecule has 0 spiro atoms. The van der Waals surface area contributed by atoms with E-state index in [9.17, 15) is 18.0 Å². The first kappa shape index (κ1) is 23.1. The minimum Gasteiger partial charge on any atom is -0.336 e. The average Bonchev–Trinajstić information content (AvgIpc) is 3.32. The smallest absolute Gasteiger partial charge is 0.264 e. The summed E-state index contributed by atoms with van der Waals surface area (Å²) in [6.07, 6.45) is 1.54. The van der Waals surface area contributed by atoms with Gasteiger partial charge < -0.3 is 9.47 Å². The number of aromatic nitrogens is 3. The number of likely N-dealkylation sites (tertiary alicyclic amines) is 1. The molecule has 0 saturated carbocycles. The number of hydrogen-bond acceptors (Lipinski definition) is 7. The minimum atomic E-state index is -4.09. The Morgan fingerprint density at radius 3 is 2.78 bits per heavy atom. The van der Waals surface area contributed by atoms with Gasteiger partial charge in [0, 0.05) is 29.9 Å². The molecule has 4 heterocycles. The van der Waals surface area contributed by atoms with Gasteiger partial charge >= 0.3 is 0 Å². The fourth-order valence-corrected chi connectivity index (χ4v) is 7.26. The van der Waals surface area contributed by atoms with Crippen LogP contribution in [0.15, 0.2) is 64.3 Å². The van der Waals surface area contributed by atoms with Crippen molar-refractivity contribution in [2.24, 2.45) is 5.92 Å². The molecule has 184 valence electrons. The normalized spacial score (nSPS) is 19.2. The van der Waals surface area contributed by atoms with Gasteiger partial charge in [-0.05, 0) is 55.2 Å². The van der Waals surface area contributed by atoms with Crippen LogP contribution in [-0.2, 0) is 16.4 Å². The van der Waals surface area contributed by atoms with Crippen molar-refractivity contribution in [2.45, 2.75) is 23.8 Å². The van der Waals surface area contributed by atoms with Gasteiger partial charge in [0.25, 0.3) is 21.5 Å². The van der Waals surface area contributed by atoms with E-state index < -0.39 is 10.0 Å². The second-order valence-corrected chi connectivity index (χ2v) is 11.7. The highest BCUT2D eigenvalue weighted by atomic mass is 35.5. The first-order chi connectivity index (χ1) is 17.3. The van der Waals surface area contributed by atoms with Gasteiger partial charge in [0.2, 0.25) is 0 Å². The Morgan fingerprint density at radius 2 is 1.92 bits per heavy atom. The van der Waals surface area contributed by atoms with Gasteiger partial charge in [0.05, 0.1) is 29.0 Å². The molecule has 12 heteroatoms. The number of carbonyl (C=O) groups excluding carboxylic acids is 1. The highest BCUT2D eigenvalue weighted by Gasteiger charge is 2.37. The average molecular weight is 542 g/mol. The Balaban J connectivity index is 1.33. The van der Waals surface area contributed by atoms with E-state index in [-0.39, 0.29) is 50.1 Å². The lowest BCUT2D eigenvalue weighted by molar-refractivity contribution is 0.0559. The van der Waals surface area contributed by atoms with E-state index in [2.05, 4.69) is 13.5 Å². The first-order valence-corrected chi connectivity index (χ1v) is 13.9. The third-order valence-corrected chi connectivity index (χ3v) is 8.91. The number of pyridine rings is 1. The Morgan fingerprint density at radius 1 is 1.08 bits per heavy atom. The summed E-state index contributed by atoms with van der Waals surface area (Å²) in [5.41, 5.74) is 1.92. The van der Waals surface area contributed by atoms with Crippen molar-refractivity contribution in [1.82, 2.24) is 18.2 Å². The number of sulfonamides is 1. The van der Waals surface area contributed by atoms with Crippen LogP contribution in [0.3, 0.4) is 0 Å². The number of piperidine rings is 1. The monoisotopic (exact) mass is 541 g/mol. The number of amides is 1. The summed E-state index contributed by atoms with van der Waals surface area (Å²) in [6, 6.07) is 14.4. The van der Waals surface area contributed by atoms with Crippen molar-refractivity contribution in [3.8, 4) is 0 Å². The van der Waals surface area contributed by atoms with E-state index in [1.54, 1.807) is 33.7 Å². The molecule has 0 aliphatic carbocycles.